The molecule has 96 valence electrons. The largest absolute Gasteiger partial charge is 0.378 e. The quantitative estimate of drug-likeness (QED) is 0.911. The van der Waals surface area contributed by atoms with Gasteiger partial charge in [0.1, 0.15) is 0 Å². The summed E-state index contributed by atoms with van der Waals surface area (Å²) >= 11 is 5.96. The van der Waals surface area contributed by atoms with Gasteiger partial charge >= 0.3 is 0 Å². The van der Waals surface area contributed by atoms with Crippen LogP contribution in [0.15, 0.2) is 18.2 Å². The Labute approximate surface area is 112 Å². The number of nitrogens with zero attached hydrogens (tertiary/aromatic N) is 1. The third kappa shape index (κ3) is 4.02. The number of rotatable bonds is 4. The van der Waals surface area contributed by atoms with Crippen molar-refractivity contribution in [1.82, 2.24) is 0 Å². The number of anilines is 1. The summed E-state index contributed by atoms with van der Waals surface area (Å²) < 4.78 is 5.18. The zero-order chi connectivity index (χ0) is 13.8. The molecule has 0 atom stereocenters. The molecule has 18 heavy (non-hydrogen) atoms. The van der Waals surface area contributed by atoms with Gasteiger partial charge in [0.05, 0.1) is 34.4 Å². The van der Waals surface area contributed by atoms with Crippen LogP contribution in [-0.4, -0.2) is 18.6 Å². The van der Waals surface area contributed by atoms with E-state index in [1.807, 2.05) is 19.9 Å². The van der Waals surface area contributed by atoms with Crippen molar-refractivity contribution < 1.29 is 9.53 Å². The van der Waals surface area contributed by atoms with Crippen molar-refractivity contribution in [2.45, 2.75) is 25.9 Å². The number of halogens is 1. The summed E-state index contributed by atoms with van der Waals surface area (Å²) in [4.78, 5) is 11.8. The number of ether oxygens (including phenoxy) is 1. The van der Waals surface area contributed by atoms with Crippen LogP contribution in [0.25, 0.3) is 0 Å². The van der Waals surface area contributed by atoms with Crippen molar-refractivity contribution in [2.24, 2.45) is 0 Å². The van der Waals surface area contributed by atoms with E-state index in [1.165, 1.54) is 6.07 Å². The summed E-state index contributed by atoms with van der Waals surface area (Å²) in [6, 6.07) is 6.70. The molecule has 0 aromatic heterocycles. The summed E-state index contributed by atoms with van der Waals surface area (Å²) in [7, 11) is 1.56. The Hall–Kier alpha value is -1.57. The van der Waals surface area contributed by atoms with Crippen molar-refractivity contribution in [3.8, 4) is 6.07 Å². The smallest absolute Gasteiger partial charge is 0.227 e. The molecule has 1 amide bonds. The number of carbonyl (C=O) groups excluding carboxylic acids is 1. The van der Waals surface area contributed by atoms with Crippen LogP contribution in [-0.2, 0) is 9.53 Å². The number of methoxy groups -OCH3 is 1. The minimum atomic E-state index is -0.525. The van der Waals surface area contributed by atoms with Gasteiger partial charge in [-0.1, -0.05) is 11.6 Å². The van der Waals surface area contributed by atoms with E-state index in [1.54, 1.807) is 19.2 Å². The van der Waals surface area contributed by atoms with Crippen molar-refractivity contribution in [3.05, 3.63) is 28.8 Å². The Morgan fingerprint density at radius 3 is 2.72 bits per heavy atom. The molecule has 0 heterocycles. The number of hydrogen-bond donors (Lipinski definition) is 1. The van der Waals surface area contributed by atoms with Crippen molar-refractivity contribution in [2.75, 3.05) is 12.4 Å². The van der Waals surface area contributed by atoms with Crippen LogP contribution in [0.3, 0.4) is 0 Å². The molecule has 0 fully saturated rings. The van der Waals surface area contributed by atoms with Gasteiger partial charge in [0.2, 0.25) is 5.91 Å². The van der Waals surface area contributed by atoms with Gasteiger partial charge in [-0.15, -0.1) is 0 Å². The van der Waals surface area contributed by atoms with E-state index in [0.717, 1.165) is 0 Å². The van der Waals surface area contributed by atoms with Crippen molar-refractivity contribution >= 4 is 23.2 Å². The lowest BCUT2D eigenvalue weighted by Crippen LogP contribution is -2.29. The number of amides is 1. The van der Waals surface area contributed by atoms with Gasteiger partial charge in [0, 0.05) is 7.11 Å². The van der Waals surface area contributed by atoms with Gasteiger partial charge in [-0.25, -0.2) is 0 Å². The minimum absolute atomic E-state index is 0.187. The van der Waals surface area contributed by atoms with Gasteiger partial charge < -0.3 is 10.1 Å². The lowest BCUT2D eigenvalue weighted by Gasteiger charge is -2.22. The van der Waals surface area contributed by atoms with Crippen LogP contribution >= 0.6 is 11.6 Å². The molecule has 1 aromatic carbocycles. The first kappa shape index (κ1) is 14.5. The lowest BCUT2D eigenvalue weighted by atomic mass is 10.0. The predicted octanol–water partition coefficient (Wildman–Crippen LogP) is 2.97. The van der Waals surface area contributed by atoms with E-state index in [-0.39, 0.29) is 12.3 Å². The first-order valence-corrected chi connectivity index (χ1v) is 5.80. The fraction of sp³-hybridized carbons (Fsp3) is 0.385. The first-order chi connectivity index (χ1) is 8.38. The van der Waals surface area contributed by atoms with Crippen LogP contribution in [0, 0.1) is 11.3 Å². The van der Waals surface area contributed by atoms with Crippen LogP contribution in [0.5, 0.6) is 0 Å². The predicted molar refractivity (Wildman–Crippen MR) is 70.5 cm³/mol. The van der Waals surface area contributed by atoms with E-state index in [0.29, 0.717) is 16.3 Å². The SMILES string of the molecule is COC(C)(C)CC(=O)Nc1ccc(C#N)cc1Cl. The van der Waals surface area contributed by atoms with Gasteiger partial charge in [0.25, 0.3) is 0 Å². The van der Waals surface area contributed by atoms with Crippen LogP contribution < -0.4 is 5.32 Å². The fourth-order valence-corrected chi connectivity index (χ4v) is 1.57. The molecule has 4 nitrogen and oxygen atoms in total. The molecular weight excluding hydrogens is 252 g/mol. The Morgan fingerprint density at radius 1 is 1.56 bits per heavy atom. The van der Waals surface area contributed by atoms with Gasteiger partial charge in [0.15, 0.2) is 0 Å². The molecule has 0 spiro atoms. The second-order valence-electron chi connectivity index (χ2n) is 4.50. The van der Waals surface area contributed by atoms with Gasteiger partial charge in [-0.3, -0.25) is 4.79 Å². The van der Waals surface area contributed by atoms with Crippen molar-refractivity contribution in [1.29, 1.82) is 5.26 Å². The molecule has 0 aliphatic carbocycles. The summed E-state index contributed by atoms with van der Waals surface area (Å²) in [5.74, 6) is -0.187. The van der Waals surface area contributed by atoms with Crippen LogP contribution in [0.4, 0.5) is 5.69 Å². The normalized spacial score (nSPS) is 10.8. The Balaban J connectivity index is 2.74. The molecule has 0 radical (unpaired) electrons. The highest BCUT2D eigenvalue weighted by Gasteiger charge is 2.21. The molecule has 0 bridgehead atoms. The summed E-state index contributed by atoms with van der Waals surface area (Å²) in [5, 5.41) is 11.7. The minimum Gasteiger partial charge on any atom is -0.378 e. The van der Waals surface area contributed by atoms with Gasteiger partial charge in [-0.05, 0) is 32.0 Å². The highest BCUT2D eigenvalue weighted by Crippen LogP contribution is 2.23. The number of nitrogens with one attached hydrogen (secondary N) is 1. The van der Waals surface area contributed by atoms with E-state index in [2.05, 4.69) is 5.32 Å². The average molecular weight is 267 g/mol. The highest BCUT2D eigenvalue weighted by atomic mass is 35.5. The van der Waals surface area contributed by atoms with Crippen LogP contribution in [0.2, 0.25) is 5.02 Å². The summed E-state index contributed by atoms with van der Waals surface area (Å²) in [5.41, 5.74) is 0.422. The molecule has 0 saturated carbocycles. The number of hydrogen-bond acceptors (Lipinski definition) is 3. The van der Waals surface area contributed by atoms with Crippen molar-refractivity contribution in [3.63, 3.8) is 0 Å². The zero-order valence-corrected chi connectivity index (χ0v) is 11.3. The van der Waals surface area contributed by atoms with E-state index in [4.69, 9.17) is 21.6 Å². The Bertz CT molecular complexity index is 492. The molecule has 0 aliphatic rings. The molecule has 0 aliphatic heterocycles. The summed E-state index contributed by atoms with van der Waals surface area (Å²) in [6.45, 7) is 3.65. The molecule has 0 unspecified atom stereocenters. The maximum absolute atomic E-state index is 11.8. The molecule has 1 rings (SSSR count). The number of carbonyl (C=O) groups is 1. The van der Waals surface area contributed by atoms with Crippen LogP contribution in [0.1, 0.15) is 25.8 Å². The van der Waals surface area contributed by atoms with E-state index < -0.39 is 5.60 Å². The fourth-order valence-electron chi connectivity index (χ4n) is 1.34. The maximum atomic E-state index is 11.8. The second kappa shape index (κ2) is 5.85. The third-order valence-corrected chi connectivity index (χ3v) is 2.82. The van der Waals surface area contributed by atoms with Gasteiger partial charge in [-0.2, -0.15) is 5.26 Å². The summed E-state index contributed by atoms with van der Waals surface area (Å²) in [6.07, 6.45) is 0.222. The molecule has 1 aromatic rings. The van der Waals surface area contributed by atoms with E-state index in [9.17, 15) is 4.79 Å². The average Bonchev–Trinajstić information content (AvgIpc) is 2.31. The first-order valence-electron chi connectivity index (χ1n) is 5.42. The molecule has 5 heteroatoms. The molecular formula is C13H15ClN2O2. The Kier molecular flexibility index (Phi) is 4.71. The van der Waals surface area contributed by atoms with E-state index >= 15 is 0 Å². The zero-order valence-electron chi connectivity index (χ0n) is 10.6. The molecule has 0 saturated heterocycles. The number of nitriles is 1. The maximum Gasteiger partial charge on any atom is 0.227 e. The number of benzene rings is 1. The standard InChI is InChI=1S/C13H15ClN2O2/c1-13(2,18-3)7-12(17)16-11-5-4-9(8-15)6-10(11)14/h4-6H,7H2,1-3H3,(H,16,17). The lowest BCUT2D eigenvalue weighted by molar-refractivity contribution is -0.121. The monoisotopic (exact) mass is 266 g/mol. The molecule has 1 N–H and O–H groups in total. The highest BCUT2D eigenvalue weighted by molar-refractivity contribution is 6.33. The second-order valence-corrected chi connectivity index (χ2v) is 4.90. The Morgan fingerprint density at radius 2 is 2.22 bits per heavy atom. The topological polar surface area (TPSA) is 62.1 Å². The third-order valence-electron chi connectivity index (χ3n) is 2.51.